The highest BCUT2D eigenvalue weighted by atomic mass is 16.7. The van der Waals surface area contributed by atoms with Crippen LogP contribution in [0.4, 0.5) is 0 Å². The van der Waals surface area contributed by atoms with Gasteiger partial charge in [0.2, 0.25) is 0 Å². The fraction of sp³-hybridized carbons (Fsp3) is 0.714. The molecule has 4 rings (SSSR count). The van der Waals surface area contributed by atoms with Crippen molar-refractivity contribution in [3.63, 3.8) is 0 Å². The number of aliphatic hydroxyl groups excluding tert-OH is 4. The minimum atomic E-state index is -1.66. The molecule has 0 unspecified atom stereocenters. The molecule has 0 radical (unpaired) electrons. The monoisotopic (exact) mass is 440 g/mol. The Morgan fingerprint density at radius 3 is 2.58 bits per heavy atom. The Morgan fingerprint density at radius 2 is 1.90 bits per heavy atom. The van der Waals surface area contributed by atoms with Crippen molar-refractivity contribution in [2.24, 2.45) is 11.8 Å². The zero-order valence-corrected chi connectivity index (χ0v) is 17.3. The maximum Gasteiger partial charge on any atom is 0.338 e. The van der Waals surface area contributed by atoms with Gasteiger partial charge in [0.15, 0.2) is 17.7 Å². The number of carbonyl (C=O) groups is 2. The maximum absolute atomic E-state index is 12.7. The zero-order chi connectivity index (χ0) is 22.7. The quantitative estimate of drug-likeness (QED) is 0.320. The Morgan fingerprint density at radius 1 is 1.19 bits per heavy atom. The Labute approximate surface area is 178 Å². The highest BCUT2D eigenvalue weighted by molar-refractivity contribution is 6.09. The first-order chi connectivity index (χ1) is 14.6. The van der Waals surface area contributed by atoms with Crippen molar-refractivity contribution in [3.05, 3.63) is 22.8 Å². The highest BCUT2D eigenvalue weighted by Gasteiger charge is 2.58. The minimum Gasteiger partial charge on any atom is -0.459 e. The molecule has 2 heterocycles. The highest BCUT2D eigenvalue weighted by Crippen LogP contribution is 2.49. The van der Waals surface area contributed by atoms with E-state index in [0.717, 1.165) is 5.57 Å². The minimum absolute atomic E-state index is 0.182. The molecule has 0 saturated carbocycles. The standard InChI is InChI=1S/C21H28O10/c1-8-3-4-10-18(31-20(27)21(10,2)28)14-9(5-11(23)13(8)14)7-29-19-17(26)16(25)15(24)12(6-22)30-19/h5,10,12,14-19,22,24-26,28H,3-4,6-7H2,1-2H3/t10-,12+,14-,15+,16-,17+,18+,19+,21+/m0/s1. The summed E-state index contributed by atoms with van der Waals surface area (Å²) >= 11 is 0. The number of hydrogen-bond donors (Lipinski definition) is 5. The second-order valence-electron chi connectivity index (χ2n) is 8.93. The smallest absolute Gasteiger partial charge is 0.338 e. The average Bonchev–Trinajstić information content (AvgIpc) is 3.10. The number of fused-ring (bicyclic) bond motifs is 3. The van der Waals surface area contributed by atoms with Crippen LogP contribution in [0.2, 0.25) is 0 Å². The van der Waals surface area contributed by atoms with E-state index in [4.69, 9.17) is 14.2 Å². The molecule has 2 fully saturated rings. The average molecular weight is 440 g/mol. The van der Waals surface area contributed by atoms with Crippen LogP contribution in [0.25, 0.3) is 0 Å². The third-order valence-electron chi connectivity index (χ3n) is 6.95. The summed E-state index contributed by atoms with van der Waals surface area (Å²) in [6, 6.07) is 0. The van der Waals surface area contributed by atoms with Crippen LogP contribution in [0.15, 0.2) is 22.8 Å². The molecule has 9 atom stereocenters. The number of rotatable bonds is 4. The lowest BCUT2D eigenvalue weighted by molar-refractivity contribution is -0.299. The van der Waals surface area contributed by atoms with Gasteiger partial charge in [-0.15, -0.1) is 0 Å². The first-order valence-corrected chi connectivity index (χ1v) is 10.4. The Bertz CT molecular complexity index is 828. The van der Waals surface area contributed by atoms with Gasteiger partial charge >= 0.3 is 5.97 Å². The Kier molecular flexibility index (Phi) is 5.84. The summed E-state index contributed by atoms with van der Waals surface area (Å²) in [5.41, 5.74) is 0.217. The lowest BCUT2D eigenvalue weighted by Crippen LogP contribution is -2.59. The van der Waals surface area contributed by atoms with Gasteiger partial charge in [-0.05, 0) is 38.3 Å². The van der Waals surface area contributed by atoms with E-state index in [0.29, 0.717) is 24.0 Å². The molecule has 31 heavy (non-hydrogen) atoms. The summed E-state index contributed by atoms with van der Waals surface area (Å²) in [6.45, 7) is 2.49. The normalized spacial score (nSPS) is 45.2. The van der Waals surface area contributed by atoms with E-state index in [1.54, 1.807) is 0 Å². The number of allylic oxidation sites excluding steroid dienone is 2. The van der Waals surface area contributed by atoms with Gasteiger partial charge < -0.3 is 39.7 Å². The fourth-order valence-electron chi connectivity index (χ4n) is 5.09. The molecular formula is C21H28O10. The maximum atomic E-state index is 12.7. The van der Waals surface area contributed by atoms with Gasteiger partial charge in [-0.3, -0.25) is 4.79 Å². The molecule has 10 nitrogen and oxygen atoms in total. The third-order valence-corrected chi connectivity index (χ3v) is 6.95. The first kappa shape index (κ1) is 22.5. The molecule has 4 aliphatic rings. The molecular weight excluding hydrogens is 412 g/mol. The van der Waals surface area contributed by atoms with Crippen LogP contribution in [-0.4, -0.2) is 92.9 Å². The molecule has 0 spiro atoms. The van der Waals surface area contributed by atoms with Crippen molar-refractivity contribution < 1.29 is 49.3 Å². The summed E-state index contributed by atoms with van der Waals surface area (Å²) in [5, 5.41) is 50.0. The summed E-state index contributed by atoms with van der Waals surface area (Å²) < 4.78 is 16.5. The van der Waals surface area contributed by atoms with Crippen LogP contribution < -0.4 is 0 Å². The van der Waals surface area contributed by atoms with Gasteiger partial charge in [0.05, 0.1) is 13.2 Å². The van der Waals surface area contributed by atoms with Crippen LogP contribution in [-0.2, 0) is 23.8 Å². The number of aliphatic hydroxyl groups is 5. The van der Waals surface area contributed by atoms with Crippen molar-refractivity contribution in [2.45, 2.75) is 69.1 Å². The molecule has 2 saturated heterocycles. The predicted molar refractivity (Wildman–Crippen MR) is 102 cm³/mol. The molecule has 0 aromatic carbocycles. The van der Waals surface area contributed by atoms with Crippen molar-refractivity contribution >= 4 is 11.8 Å². The number of ether oxygens (including phenoxy) is 3. The molecule has 5 N–H and O–H groups in total. The van der Waals surface area contributed by atoms with Gasteiger partial charge in [0.1, 0.15) is 30.5 Å². The van der Waals surface area contributed by atoms with Gasteiger partial charge in [0, 0.05) is 17.4 Å². The lowest BCUT2D eigenvalue weighted by Gasteiger charge is -2.39. The molecule has 0 amide bonds. The van der Waals surface area contributed by atoms with E-state index in [1.807, 2.05) is 6.92 Å². The van der Waals surface area contributed by atoms with Crippen molar-refractivity contribution in [1.82, 2.24) is 0 Å². The summed E-state index contributed by atoms with van der Waals surface area (Å²) in [6.07, 6.45) is -5.43. The zero-order valence-electron chi connectivity index (χ0n) is 17.3. The van der Waals surface area contributed by atoms with Gasteiger partial charge in [-0.25, -0.2) is 4.79 Å². The predicted octanol–water partition coefficient (Wildman–Crippen LogP) is -1.67. The van der Waals surface area contributed by atoms with Crippen LogP contribution in [0.3, 0.4) is 0 Å². The molecule has 0 aromatic rings. The van der Waals surface area contributed by atoms with Crippen molar-refractivity contribution in [2.75, 3.05) is 13.2 Å². The second-order valence-corrected chi connectivity index (χ2v) is 8.93. The van der Waals surface area contributed by atoms with E-state index in [1.165, 1.54) is 13.0 Å². The topological polar surface area (TPSA) is 163 Å². The number of esters is 1. The first-order valence-electron chi connectivity index (χ1n) is 10.4. The third kappa shape index (κ3) is 3.56. The van der Waals surface area contributed by atoms with Crippen molar-refractivity contribution in [3.8, 4) is 0 Å². The van der Waals surface area contributed by atoms with E-state index < -0.39 is 66.8 Å². The van der Waals surface area contributed by atoms with E-state index in [-0.39, 0.29) is 12.4 Å². The molecule has 10 heteroatoms. The number of carbonyl (C=O) groups excluding carboxylic acids is 2. The molecule has 2 aliphatic heterocycles. The van der Waals surface area contributed by atoms with Crippen LogP contribution in [0, 0.1) is 11.8 Å². The Hall–Kier alpha value is -1.66. The van der Waals surface area contributed by atoms with Crippen molar-refractivity contribution in [1.29, 1.82) is 0 Å². The largest absolute Gasteiger partial charge is 0.459 e. The molecule has 2 aliphatic carbocycles. The lowest BCUT2D eigenvalue weighted by atomic mass is 9.78. The van der Waals surface area contributed by atoms with Crippen LogP contribution >= 0.6 is 0 Å². The summed E-state index contributed by atoms with van der Waals surface area (Å²) in [7, 11) is 0. The molecule has 0 bridgehead atoms. The van der Waals surface area contributed by atoms with Gasteiger partial charge in [-0.1, -0.05) is 5.57 Å². The molecule has 0 aromatic heterocycles. The van der Waals surface area contributed by atoms with E-state index in [9.17, 15) is 35.1 Å². The number of hydrogen-bond acceptors (Lipinski definition) is 10. The fourth-order valence-corrected chi connectivity index (χ4v) is 5.09. The molecule has 172 valence electrons. The summed E-state index contributed by atoms with van der Waals surface area (Å²) in [5.74, 6) is -2.05. The van der Waals surface area contributed by atoms with Gasteiger partial charge in [-0.2, -0.15) is 0 Å². The second kappa shape index (κ2) is 8.04. The SMILES string of the molecule is CC1=C2C(=O)C=C(CO[C@@H]3O[C@H](CO)[C@@H](O)[C@H](O)[C@H]3O)[C@@H]2[C@@H]2OC(=O)[C@](C)(O)[C@H]2CC1. The van der Waals surface area contributed by atoms with Crippen LogP contribution in [0.1, 0.15) is 26.7 Å². The van der Waals surface area contributed by atoms with E-state index in [2.05, 4.69) is 0 Å². The van der Waals surface area contributed by atoms with Gasteiger partial charge in [0.25, 0.3) is 0 Å². The van der Waals surface area contributed by atoms with Crippen LogP contribution in [0.5, 0.6) is 0 Å². The Balaban J connectivity index is 1.56. The summed E-state index contributed by atoms with van der Waals surface area (Å²) in [4.78, 5) is 25.0. The number of ketones is 1. The van der Waals surface area contributed by atoms with E-state index >= 15 is 0 Å².